The van der Waals surface area contributed by atoms with Crippen LogP contribution >= 0.6 is 22.9 Å². The van der Waals surface area contributed by atoms with E-state index >= 15 is 0 Å². The highest BCUT2D eigenvalue weighted by Crippen LogP contribution is 2.40. The lowest BCUT2D eigenvalue weighted by molar-refractivity contribution is 0.171. The van der Waals surface area contributed by atoms with Crippen LogP contribution in [0.2, 0.25) is 5.02 Å². The molecule has 3 rings (SSSR count). The summed E-state index contributed by atoms with van der Waals surface area (Å²) in [5.41, 5.74) is 1.05. The summed E-state index contributed by atoms with van der Waals surface area (Å²) in [5, 5.41) is 7.11. The maximum atomic E-state index is 6.34. The van der Waals surface area contributed by atoms with Crippen LogP contribution in [0, 0.1) is 0 Å². The molecule has 1 aromatic heterocycles. The van der Waals surface area contributed by atoms with Crippen molar-refractivity contribution in [1.29, 1.82) is 0 Å². The number of thiazole rings is 1. The molecule has 1 aliphatic heterocycles. The van der Waals surface area contributed by atoms with Gasteiger partial charge in [0.25, 0.3) is 0 Å². The van der Waals surface area contributed by atoms with Crippen LogP contribution in [0.3, 0.4) is 0 Å². The molecule has 2 aromatic rings. The quantitative estimate of drug-likeness (QED) is 0.911. The Hall–Kier alpha value is -1.30. The summed E-state index contributed by atoms with van der Waals surface area (Å²) in [5.74, 6) is 1.35. The first kappa shape index (κ1) is 14.6. The molecule has 1 unspecified atom stereocenters. The summed E-state index contributed by atoms with van der Waals surface area (Å²) in [6, 6.07) is 3.96. The van der Waals surface area contributed by atoms with E-state index in [9.17, 15) is 0 Å². The van der Waals surface area contributed by atoms with E-state index in [0.717, 1.165) is 23.5 Å². The Labute approximate surface area is 133 Å². The number of hydrogen-bond donors (Lipinski definition) is 1. The molecule has 1 aliphatic rings. The fraction of sp³-hybridized carbons (Fsp3) is 0.400. The van der Waals surface area contributed by atoms with Gasteiger partial charge in [-0.2, -0.15) is 0 Å². The monoisotopic (exact) mass is 324 g/mol. The SMILES string of the molecule is CCCNC(c1cc(Cl)c2c(c1)OCCO2)c1nccs1. The van der Waals surface area contributed by atoms with Gasteiger partial charge in [0.15, 0.2) is 11.5 Å². The van der Waals surface area contributed by atoms with Crippen LogP contribution in [0.25, 0.3) is 0 Å². The van der Waals surface area contributed by atoms with Gasteiger partial charge in [-0.1, -0.05) is 18.5 Å². The number of benzene rings is 1. The number of nitrogens with zero attached hydrogens (tertiary/aromatic N) is 1. The third kappa shape index (κ3) is 3.15. The van der Waals surface area contributed by atoms with E-state index in [1.807, 2.05) is 23.7 Å². The smallest absolute Gasteiger partial charge is 0.179 e. The summed E-state index contributed by atoms with van der Waals surface area (Å²) in [6.07, 6.45) is 2.88. The van der Waals surface area contributed by atoms with Crippen LogP contribution in [0.15, 0.2) is 23.7 Å². The maximum Gasteiger partial charge on any atom is 0.179 e. The van der Waals surface area contributed by atoms with Gasteiger partial charge in [0.1, 0.15) is 18.2 Å². The zero-order valence-electron chi connectivity index (χ0n) is 11.8. The van der Waals surface area contributed by atoms with E-state index in [0.29, 0.717) is 29.7 Å². The Balaban J connectivity index is 1.97. The average molecular weight is 325 g/mol. The highest BCUT2D eigenvalue weighted by Gasteiger charge is 2.22. The molecule has 0 fully saturated rings. The fourth-order valence-electron chi connectivity index (χ4n) is 2.31. The molecule has 1 atom stereocenters. The van der Waals surface area contributed by atoms with Crippen molar-refractivity contribution in [3.05, 3.63) is 39.3 Å². The second-order valence-electron chi connectivity index (χ2n) is 4.78. The van der Waals surface area contributed by atoms with Crippen molar-refractivity contribution in [2.75, 3.05) is 19.8 Å². The maximum absolute atomic E-state index is 6.34. The van der Waals surface area contributed by atoms with E-state index in [-0.39, 0.29) is 6.04 Å². The average Bonchev–Trinajstić information content (AvgIpc) is 3.02. The topological polar surface area (TPSA) is 43.4 Å². The Bertz CT molecular complexity index is 604. The number of hydrogen-bond acceptors (Lipinski definition) is 5. The summed E-state index contributed by atoms with van der Waals surface area (Å²) >= 11 is 7.97. The summed E-state index contributed by atoms with van der Waals surface area (Å²) < 4.78 is 11.2. The lowest BCUT2D eigenvalue weighted by Gasteiger charge is -2.23. The van der Waals surface area contributed by atoms with Crippen molar-refractivity contribution < 1.29 is 9.47 Å². The number of halogens is 1. The van der Waals surface area contributed by atoms with E-state index in [1.54, 1.807) is 11.3 Å². The second kappa shape index (κ2) is 6.64. The molecule has 0 saturated heterocycles. The minimum Gasteiger partial charge on any atom is -0.486 e. The van der Waals surface area contributed by atoms with Gasteiger partial charge in [0.2, 0.25) is 0 Å². The van der Waals surface area contributed by atoms with Crippen molar-refractivity contribution in [3.63, 3.8) is 0 Å². The first-order valence-electron chi connectivity index (χ1n) is 7.01. The largest absolute Gasteiger partial charge is 0.486 e. The van der Waals surface area contributed by atoms with Gasteiger partial charge in [0, 0.05) is 11.6 Å². The first-order valence-corrected chi connectivity index (χ1v) is 8.27. The first-order chi connectivity index (χ1) is 10.3. The number of aromatic nitrogens is 1. The molecule has 6 heteroatoms. The fourth-order valence-corrected chi connectivity index (χ4v) is 3.32. The van der Waals surface area contributed by atoms with E-state index in [1.165, 1.54) is 0 Å². The molecule has 0 aliphatic carbocycles. The highest BCUT2D eigenvalue weighted by molar-refractivity contribution is 7.09. The standard InChI is InChI=1S/C15H17ClN2O2S/c1-2-3-17-13(15-18-4-7-21-15)10-8-11(16)14-12(9-10)19-5-6-20-14/h4,7-9,13,17H,2-3,5-6H2,1H3. The third-order valence-electron chi connectivity index (χ3n) is 3.25. The molecule has 0 radical (unpaired) electrons. The summed E-state index contributed by atoms with van der Waals surface area (Å²) in [7, 11) is 0. The molecule has 2 heterocycles. The molecule has 0 amide bonds. The Morgan fingerprint density at radius 2 is 2.24 bits per heavy atom. The zero-order chi connectivity index (χ0) is 14.7. The normalized spacial score (nSPS) is 15.0. The lowest BCUT2D eigenvalue weighted by atomic mass is 10.1. The number of rotatable bonds is 5. The van der Waals surface area contributed by atoms with Crippen LogP contribution < -0.4 is 14.8 Å². The number of ether oxygens (including phenoxy) is 2. The van der Waals surface area contributed by atoms with Crippen molar-refractivity contribution >= 4 is 22.9 Å². The number of nitrogens with one attached hydrogen (secondary N) is 1. The Morgan fingerprint density at radius 3 is 3.00 bits per heavy atom. The van der Waals surface area contributed by atoms with Gasteiger partial charge >= 0.3 is 0 Å². The van der Waals surface area contributed by atoms with Crippen molar-refractivity contribution in [1.82, 2.24) is 10.3 Å². The Kier molecular flexibility index (Phi) is 4.63. The molecule has 112 valence electrons. The summed E-state index contributed by atoms with van der Waals surface area (Å²) in [4.78, 5) is 4.43. The van der Waals surface area contributed by atoms with Crippen LogP contribution in [-0.4, -0.2) is 24.7 Å². The third-order valence-corrected chi connectivity index (χ3v) is 4.37. The van der Waals surface area contributed by atoms with Crippen molar-refractivity contribution in [2.24, 2.45) is 0 Å². The predicted molar refractivity (Wildman–Crippen MR) is 84.7 cm³/mol. The van der Waals surface area contributed by atoms with Crippen LogP contribution in [0.1, 0.15) is 30.0 Å². The second-order valence-corrected chi connectivity index (χ2v) is 6.12. The van der Waals surface area contributed by atoms with Crippen LogP contribution in [0.4, 0.5) is 0 Å². The Morgan fingerprint density at radius 1 is 1.38 bits per heavy atom. The summed E-state index contributed by atoms with van der Waals surface area (Å²) in [6.45, 7) is 4.14. The minimum atomic E-state index is 0.0262. The zero-order valence-corrected chi connectivity index (χ0v) is 13.3. The van der Waals surface area contributed by atoms with Gasteiger partial charge in [0.05, 0.1) is 11.1 Å². The highest BCUT2D eigenvalue weighted by atomic mass is 35.5. The van der Waals surface area contributed by atoms with E-state index in [2.05, 4.69) is 17.2 Å². The molecular formula is C15H17ClN2O2S. The van der Waals surface area contributed by atoms with Gasteiger partial charge in [-0.3, -0.25) is 0 Å². The molecule has 21 heavy (non-hydrogen) atoms. The molecule has 0 bridgehead atoms. The van der Waals surface area contributed by atoms with Crippen LogP contribution in [-0.2, 0) is 0 Å². The molecular weight excluding hydrogens is 308 g/mol. The lowest BCUT2D eigenvalue weighted by Crippen LogP contribution is -2.23. The van der Waals surface area contributed by atoms with Crippen LogP contribution in [0.5, 0.6) is 11.5 Å². The minimum absolute atomic E-state index is 0.0262. The van der Waals surface area contributed by atoms with Crippen molar-refractivity contribution in [2.45, 2.75) is 19.4 Å². The van der Waals surface area contributed by atoms with Gasteiger partial charge in [-0.05, 0) is 30.7 Å². The van der Waals surface area contributed by atoms with E-state index < -0.39 is 0 Å². The van der Waals surface area contributed by atoms with Crippen molar-refractivity contribution in [3.8, 4) is 11.5 Å². The van der Waals surface area contributed by atoms with Gasteiger partial charge < -0.3 is 14.8 Å². The molecule has 1 N–H and O–H groups in total. The molecule has 4 nitrogen and oxygen atoms in total. The molecule has 1 aromatic carbocycles. The molecule has 0 spiro atoms. The van der Waals surface area contributed by atoms with Gasteiger partial charge in [-0.25, -0.2) is 4.98 Å². The number of fused-ring (bicyclic) bond motifs is 1. The predicted octanol–water partition coefficient (Wildman–Crippen LogP) is 3.66. The van der Waals surface area contributed by atoms with E-state index in [4.69, 9.17) is 21.1 Å². The molecule has 0 saturated carbocycles. The van der Waals surface area contributed by atoms with Gasteiger partial charge in [-0.15, -0.1) is 11.3 Å².